The first-order valence-corrected chi connectivity index (χ1v) is 9.36. The Kier molecular flexibility index (Phi) is 7.88. The molecule has 0 spiro atoms. The summed E-state index contributed by atoms with van der Waals surface area (Å²) >= 11 is 1.07. The minimum atomic E-state index is -0.822. The van der Waals surface area contributed by atoms with Gasteiger partial charge in [-0.15, -0.1) is 0 Å². The predicted octanol–water partition coefficient (Wildman–Crippen LogP) is 3.07. The number of rotatable bonds is 8. The molecule has 0 heterocycles. The molecule has 27 heavy (non-hydrogen) atoms. The summed E-state index contributed by atoms with van der Waals surface area (Å²) in [7, 11) is 1.48. The summed E-state index contributed by atoms with van der Waals surface area (Å²) in [5.41, 5.74) is 0.594. The van der Waals surface area contributed by atoms with Gasteiger partial charge in [-0.2, -0.15) is 0 Å². The second-order valence-electron chi connectivity index (χ2n) is 5.61. The third-order valence-corrected chi connectivity index (χ3v) is 4.49. The van der Waals surface area contributed by atoms with Crippen LogP contribution < -0.4 is 14.8 Å². The van der Waals surface area contributed by atoms with E-state index in [1.807, 2.05) is 6.07 Å². The molecule has 0 aliphatic heterocycles. The zero-order valence-corrected chi connectivity index (χ0v) is 16.0. The fraction of sp³-hybridized carbons (Fsp3) is 0.250. The van der Waals surface area contributed by atoms with Gasteiger partial charge in [-0.25, -0.2) is 4.79 Å². The SMILES string of the molecule is COc1ccccc1OC(=O)[C@H](C)NC(=O)CCSC(=O)c1ccccc1. The van der Waals surface area contributed by atoms with Gasteiger partial charge in [0.05, 0.1) is 7.11 Å². The van der Waals surface area contributed by atoms with Gasteiger partial charge in [0.15, 0.2) is 11.5 Å². The topological polar surface area (TPSA) is 81.7 Å². The van der Waals surface area contributed by atoms with Crippen molar-refractivity contribution in [1.29, 1.82) is 0 Å². The Morgan fingerprint density at radius 2 is 1.63 bits per heavy atom. The van der Waals surface area contributed by atoms with Gasteiger partial charge in [-0.3, -0.25) is 9.59 Å². The van der Waals surface area contributed by atoms with Crippen molar-refractivity contribution in [3.8, 4) is 11.5 Å². The minimum Gasteiger partial charge on any atom is -0.493 e. The van der Waals surface area contributed by atoms with Crippen molar-refractivity contribution in [2.45, 2.75) is 19.4 Å². The van der Waals surface area contributed by atoms with Crippen LogP contribution in [0.5, 0.6) is 11.5 Å². The number of carbonyl (C=O) groups excluding carboxylic acids is 3. The second-order valence-corrected chi connectivity index (χ2v) is 6.68. The zero-order valence-electron chi connectivity index (χ0n) is 15.1. The molecular weight excluding hydrogens is 366 g/mol. The minimum absolute atomic E-state index is 0.0907. The van der Waals surface area contributed by atoms with Crippen LogP contribution in [0.4, 0.5) is 0 Å². The summed E-state index contributed by atoms with van der Waals surface area (Å²) in [6, 6.07) is 14.8. The molecule has 0 unspecified atom stereocenters. The monoisotopic (exact) mass is 387 g/mol. The van der Waals surface area contributed by atoms with Gasteiger partial charge in [-0.05, 0) is 19.1 Å². The first kappa shape index (κ1) is 20.5. The summed E-state index contributed by atoms with van der Waals surface area (Å²) in [6.07, 6.45) is 0.121. The number of benzene rings is 2. The molecule has 0 saturated carbocycles. The quantitative estimate of drug-likeness (QED) is 0.554. The number of amides is 1. The maximum absolute atomic E-state index is 12.1. The maximum atomic E-state index is 12.1. The van der Waals surface area contributed by atoms with E-state index in [-0.39, 0.29) is 23.2 Å². The molecule has 0 aliphatic carbocycles. The smallest absolute Gasteiger partial charge is 0.333 e. The van der Waals surface area contributed by atoms with Gasteiger partial charge < -0.3 is 14.8 Å². The number of carbonyl (C=O) groups is 3. The molecule has 2 aromatic rings. The Morgan fingerprint density at radius 3 is 2.30 bits per heavy atom. The lowest BCUT2D eigenvalue weighted by atomic mass is 10.2. The molecule has 0 radical (unpaired) electrons. The number of esters is 1. The number of thioether (sulfide) groups is 1. The lowest BCUT2D eigenvalue weighted by molar-refractivity contribution is -0.138. The van der Waals surface area contributed by atoms with Crippen LogP contribution in [-0.2, 0) is 9.59 Å². The van der Waals surface area contributed by atoms with E-state index in [0.717, 1.165) is 11.8 Å². The molecule has 1 amide bonds. The fourth-order valence-corrected chi connectivity index (χ4v) is 2.94. The van der Waals surface area contributed by atoms with Crippen molar-refractivity contribution in [2.75, 3.05) is 12.9 Å². The van der Waals surface area contributed by atoms with E-state index in [0.29, 0.717) is 17.1 Å². The molecule has 7 heteroatoms. The summed E-state index contributed by atoms with van der Waals surface area (Å²) in [4.78, 5) is 36.1. The van der Waals surface area contributed by atoms with Crippen molar-refractivity contribution in [1.82, 2.24) is 5.32 Å². The summed E-state index contributed by atoms with van der Waals surface area (Å²) in [5.74, 6) is 0.123. The van der Waals surface area contributed by atoms with Crippen LogP contribution in [0.2, 0.25) is 0 Å². The Balaban J connectivity index is 1.76. The van der Waals surface area contributed by atoms with Gasteiger partial charge in [0.2, 0.25) is 11.0 Å². The molecule has 142 valence electrons. The first-order valence-electron chi connectivity index (χ1n) is 8.37. The highest BCUT2D eigenvalue weighted by Crippen LogP contribution is 2.26. The van der Waals surface area contributed by atoms with Gasteiger partial charge in [0, 0.05) is 17.7 Å². The standard InChI is InChI=1S/C20H21NO5S/c1-14(19(23)26-17-11-7-6-10-16(17)25-2)21-18(22)12-13-27-20(24)15-8-4-3-5-9-15/h3-11,14H,12-13H2,1-2H3,(H,21,22)/t14-/m0/s1. The summed E-state index contributed by atoms with van der Waals surface area (Å²) in [6.45, 7) is 1.54. The second kappa shape index (κ2) is 10.4. The highest BCUT2D eigenvalue weighted by atomic mass is 32.2. The van der Waals surface area contributed by atoms with E-state index in [2.05, 4.69) is 5.32 Å². The average Bonchev–Trinajstić information content (AvgIpc) is 2.68. The molecule has 1 N–H and O–H groups in total. The molecule has 0 aliphatic rings. The molecule has 0 aromatic heterocycles. The van der Waals surface area contributed by atoms with Crippen LogP contribution in [0.1, 0.15) is 23.7 Å². The van der Waals surface area contributed by atoms with E-state index in [1.54, 1.807) is 48.5 Å². The number of nitrogens with one attached hydrogen (secondary N) is 1. The lowest BCUT2D eigenvalue weighted by Crippen LogP contribution is -2.40. The van der Waals surface area contributed by atoms with E-state index >= 15 is 0 Å². The molecule has 0 saturated heterocycles. The van der Waals surface area contributed by atoms with Crippen LogP contribution in [0.3, 0.4) is 0 Å². The number of para-hydroxylation sites is 2. The van der Waals surface area contributed by atoms with Crippen molar-refractivity contribution >= 4 is 28.8 Å². The highest BCUT2D eigenvalue weighted by molar-refractivity contribution is 8.14. The molecule has 1 atom stereocenters. The number of hydrogen-bond acceptors (Lipinski definition) is 6. The average molecular weight is 387 g/mol. The molecule has 2 rings (SSSR count). The Bertz CT molecular complexity index is 794. The molecular formula is C20H21NO5S. The maximum Gasteiger partial charge on any atom is 0.333 e. The highest BCUT2D eigenvalue weighted by Gasteiger charge is 2.19. The van der Waals surface area contributed by atoms with Crippen molar-refractivity contribution in [2.24, 2.45) is 0 Å². The van der Waals surface area contributed by atoms with Gasteiger partial charge in [-0.1, -0.05) is 54.2 Å². The van der Waals surface area contributed by atoms with Crippen LogP contribution >= 0.6 is 11.8 Å². The predicted molar refractivity (Wildman–Crippen MR) is 104 cm³/mol. The van der Waals surface area contributed by atoms with Gasteiger partial charge in [0.25, 0.3) is 0 Å². The fourth-order valence-electron chi connectivity index (χ4n) is 2.17. The van der Waals surface area contributed by atoms with Crippen LogP contribution in [-0.4, -0.2) is 35.9 Å². The normalized spacial score (nSPS) is 11.3. The third kappa shape index (κ3) is 6.45. The summed E-state index contributed by atoms with van der Waals surface area (Å²) in [5, 5.41) is 2.48. The van der Waals surface area contributed by atoms with Crippen molar-refractivity contribution in [3.05, 3.63) is 60.2 Å². The van der Waals surface area contributed by atoms with Gasteiger partial charge in [0.1, 0.15) is 6.04 Å². The Labute approximate surface area is 162 Å². The Hall–Kier alpha value is -2.80. The van der Waals surface area contributed by atoms with E-state index in [4.69, 9.17) is 9.47 Å². The van der Waals surface area contributed by atoms with Crippen LogP contribution in [0, 0.1) is 0 Å². The largest absolute Gasteiger partial charge is 0.493 e. The number of hydrogen-bond donors (Lipinski definition) is 1. The zero-order chi connectivity index (χ0) is 19.6. The molecule has 6 nitrogen and oxygen atoms in total. The molecule has 0 bridgehead atoms. The molecule has 2 aromatic carbocycles. The molecule has 0 fully saturated rings. The first-order chi connectivity index (χ1) is 13.0. The van der Waals surface area contributed by atoms with Crippen molar-refractivity contribution < 1.29 is 23.9 Å². The van der Waals surface area contributed by atoms with Crippen LogP contribution in [0.25, 0.3) is 0 Å². The van der Waals surface area contributed by atoms with Crippen LogP contribution in [0.15, 0.2) is 54.6 Å². The number of methoxy groups -OCH3 is 1. The van der Waals surface area contributed by atoms with E-state index < -0.39 is 12.0 Å². The lowest BCUT2D eigenvalue weighted by Gasteiger charge is -2.14. The van der Waals surface area contributed by atoms with Crippen molar-refractivity contribution in [3.63, 3.8) is 0 Å². The van der Waals surface area contributed by atoms with E-state index in [1.165, 1.54) is 14.0 Å². The third-order valence-electron chi connectivity index (χ3n) is 3.58. The van der Waals surface area contributed by atoms with E-state index in [9.17, 15) is 14.4 Å². The van der Waals surface area contributed by atoms with Gasteiger partial charge >= 0.3 is 5.97 Å². The summed E-state index contributed by atoms with van der Waals surface area (Å²) < 4.78 is 10.4. The number of ether oxygens (including phenoxy) is 2. The Morgan fingerprint density at radius 1 is 1.00 bits per heavy atom.